The fourth-order valence-electron chi connectivity index (χ4n) is 3.29. The maximum atomic E-state index is 13.1. The van der Waals surface area contributed by atoms with Crippen LogP contribution in [0.5, 0.6) is 11.5 Å². The first-order valence-electron chi connectivity index (χ1n) is 8.77. The first-order chi connectivity index (χ1) is 13.2. The van der Waals surface area contributed by atoms with Gasteiger partial charge in [-0.25, -0.2) is 0 Å². The van der Waals surface area contributed by atoms with Crippen LogP contribution in [0, 0.1) is 0 Å². The molecule has 0 amide bonds. The third kappa shape index (κ3) is 3.29. The van der Waals surface area contributed by atoms with Gasteiger partial charge in [-0.05, 0) is 29.8 Å². The Morgan fingerprint density at radius 3 is 2.67 bits per heavy atom. The van der Waals surface area contributed by atoms with E-state index in [1.807, 2.05) is 30.3 Å². The standard InChI is InChI=1S/C21H21NO5/c1-24-10-9-22-11-17-19(27-13-22)8-7-16-20(23)18(12-26-21(16)17)14-3-5-15(25-2)6-4-14/h3-8,12H,9-11,13H2,1-2H3. The number of benzene rings is 2. The van der Waals surface area contributed by atoms with Crippen molar-refractivity contribution in [3.63, 3.8) is 0 Å². The van der Waals surface area contributed by atoms with Crippen LogP contribution in [-0.4, -0.2) is 39.0 Å². The maximum absolute atomic E-state index is 13.1. The van der Waals surface area contributed by atoms with Crippen LogP contribution in [-0.2, 0) is 11.3 Å². The van der Waals surface area contributed by atoms with Crippen molar-refractivity contribution in [3.8, 4) is 22.6 Å². The molecule has 140 valence electrons. The number of fused-ring (bicyclic) bond motifs is 3. The summed E-state index contributed by atoms with van der Waals surface area (Å²) in [5.41, 5.74) is 2.74. The fraction of sp³-hybridized carbons (Fsp3) is 0.286. The highest BCUT2D eigenvalue weighted by atomic mass is 16.5. The third-order valence-electron chi connectivity index (χ3n) is 4.80. The predicted molar refractivity (Wildman–Crippen MR) is 102 cm³/mol. The Kier molecular flexibility index (Phi) is 4.83. The minimum Gasteiger partial charge on any atom is -0.497 e. The summed E-state index contributed by atoms with van der Waals surface area (Å²) in [7, 11) is 3.29. The zero-order valence-electron chi connectivity index (χ0n) is 15.4. The molecule has 2 heterocycles. The van der Waals surface area contributed by atoms with Gasteiger partial charge in [0.1, 0.15) is 30.1 Å². The molecule has 0 spiro atoms. The first kappa shape index (κ1) is 17.6. The SMILES string of the molecule is COCCN1COc2ccc3c(=O)c(-c4ccc(OC)cc4)coc3c2C1. The van der Waals surface area contributed by atoms with E-state index in [0.717, 1.165) is 29.2 Å². The number of ether oxygens (including phenoxy) is 3. The van der Waals surface area contributed by atoms with Crippen LogP contribution < -0.4 is 14.9 Å². The molecule has 0 unspecified atom stereocenters. The molecule has 1 aliphatic rings. The molecule has 0 saturated carbocycles. The monoisotopic (exact) mass is 367 g/mol. The Labute approximate surface area is 156 Å². The molecule has 1 aliphatic heterocycles. The minimum atomic E-state index is -0.0572. The lowest BCUT2D eigenvalue weighted by Gasteiger charge is -2.28. The van der Waals surface area contributed by atoms with E-state index in [9.17, 15) is 4.79 Å². The molecule has 1 aromatic heterocycles. The Balaban J connectivity index is 1.75. The lowest BCUT2D eigenvalue weighted by atomic mass is 10.0. The van der Waals surface area contributed by atoms with E-state index < -0.39 is 0 Å². The highest BCUT2D eigenvalue weighted by Crippen LogP contribution is 2.32. The zero-order valence-corrected chi connectivity index (χ0v) is 15.4. The number of hydrogen-bond acceptors (Lipinski definition) is 6. The van der Waals surface area contributed by atoms with Crippen LogP contribution in [0.25, 0.3) is 22.1 Å². The Hall–Kier alpha value is -2.83. The highest BCUT2D eigenvalue weighted by Gasteiger charge is 2.22. The molecule has 6 nitrogen and oxygen atoms in total. The van der Waals surface area contributed by atoms with Crippen LogP contribution in [0.15, 0.2) is 51.9 Å². The zero-order chi connectivity index (χ0) is 18.8. The lowest BCUT2D eigenvalue weighted by Crippen LogP contribution is -2.34. The molecule has 27 heavy (non-hydrogen) atoms. The smallest absolute Gasteiger partial charge is 0.200 e. The van der Waals surface area contributed by atoms with Gasteiger partial charge in [-0.15, -0.1) is 0 Å². The van der Waals surface area contributed by atoms with E-state index in [2.05, 4.69) is 4.90 Å². The van der Waals surface area contributed by atoms with E-state index in [-0.39, 0.29) is 5.43 Å². The molecule has 0 saturated heterocycles. The van der Waals surface area contributed by atoms with Gasteiger partial charge in [0.15, 0.2) is 0 Å². The summed E-state index contributed by atoms with van der Waals surface area (Å²) in [6.07, 6.45) is 1.53. The van der Waals surface area contributed by atoms with Crippen molar-refractivity contribution in [1.82, 2.24) is 4.90 Å². The first-order valence-corrected chi connectivity index (χ1v) is 8.77. The van der Waals surface area contributed by atoms with Gasteiger partial charge in [-0.1, -0.05) is 12.1 Å². The topological polar surface area (TPSA) is 61.1 Å². The fourth-order valence-corrected chi connectivity index (χ4v) is 3.29. The number of hydrogen-bond donors (Lipinski definition) is 0. The number of rotatable bonds is 5. The summed E-state index contributed by atoms with van der Waals surface area (Å²) < 4.78 is 22.1. The summed E-state index contributed by atoms with van der Waals surface area (Å²) in [5.74, 6) is 1.50. The van der Waals surface area contributed by atoms with Gasteiger partial charge in [0.2, 0.25) is 5.43 Å². The van der Waals surface area contributed by atoms with Crippen molar-refractivity contribution in [3.05, 3.63) is 58.4 Å². The molecular weight excluding hydrogens is 346 g/mol. The van der Waals surface area contributed by atoms with Crippen molar-refractivity contribution >= 4 is 11.0 Å². The highest BCUT2D eigenvalue weighted by molar-refractivity contribution is 5.85. The van der Waals surface area contributed by atoms with Crippen molar-refractivity contribution in [2.75, 3.05) is 34.1 Å². The second kappa shape index (κ2) is 7.42. The van der Waals surface area contributed by atoms with Crippen LogP contribution in [0.1, 0.15) is 5.56 Å². The Morgan fingerprint density at radius 1 is 1.11 bits per heavy atom. The molecule has 0 N–H and O–H groups in total. The summed E-state index contributed by atoms with van der Waals surface area (Å²) in [4.78, 5) is 15.2. The average molecular weight is 367 g/mol. The average Bonchev–Trinajstić information content (AvgIpc) is 2.72. The van der Waals surface area contributed by atoms with Crippen LogP contribution in [0.3, 0.4) is 0 Å². The molecular formula is C21H21NO5. The molecule has 3 aromatic rings. The molecule has 6 heteroatoms. The van der Waals surface area contributed by atoms with Gasteiger partial charge >= 0.3 is 0 Å². The minimum absolute atomic E-state index is 0.0572. The van der Waals surface area contributed by atoms with E-state index in [1.165, 1.54) is 6.26 Å². The number of methoxy groups -OCH3 is 2. The van der Waals surface area contributed by atoms with E-state index in [0.29, 0.717) is 36.4 Å². The van der Waals surface area contributed by atoms with Crippen molar-refractivity contribution in [2.45, 2.75) is 6.54 Å². The van der Waals surface area contributed by atoms with Gasteiger partial charge in [0.25, 0.3) is 0 Å². The van der Waals surface area contributed by atoms with Crippen LogP contribution >= 0.6 is 0 Å². The van der Waals surface area contributed by atoms with Gasteiger partial charge in [0.05, 0.1) is 30.2 Å². The van der Waals surface area contributed by atoms with Crippen molar-refractivity contribution in [1.29, 1.82) is 0 Å². The molecule has 0 fully saturated rings. The van der Waals surface area contributed by atoms with E-state index in [4.69, 9.17) is 18.6 Å². The van der Waals surface area contributed by atoms with Gasteiger partial charge in [-0.3, -0.25) is 9.69 Å². The second-order valence-corrected chi connectivity index (χ2v) is 6.44. The maximum Gasteiger partial charge on any atom is 0.200 e. The Bertz CT molecular complexity index is 1010. The molecule has 0 atom stereocenters. The van der Waals surface area contributed by atoms with Crippen LogP contribution in [0.4, 0.5) is 0 Å². The summed E-state index contributed by atoms with van der Waals surface area (Å²) in [6, 6.07) is 11.0. The third-order valence-corrected chi connectivity index (χ3v) is 4.80. The molecule has 0 radical (unpaired) electrons. The largest absolute Gasteiger partial charge is 0.497 e. The van der Waals surface area contributed by atoms with E-state index >= 15 is 0 Å². The predicted octanol–water partition coefficient (Wildman–Crippen LogP) is 3.27. The van der Waals surface area contributed by atoms with Gasteiger partial charge in [0, 0.05) is 20.2 Å². The van der Waals surface area contributed by atoms with Crippen LogP contribution in [0.2, 0.25) is 0 Å². The quantitative estimate of drug-likeness (QED) is 0.690. The second-order valence-electron chi connectivity index (χ2n) is 6.44. The number of nitrogens with zero attached hydrogens (tertiary/aromatic N) is 1. The van der Waals surface area contributed by atoms with Crippen molar-refractivity contribution < 1.29 is 18.6 Å². The Morgan fingerprint density at radius 2 is 1.93 bits per heavy atom. The molecule has 4 rings (SSSR count). The summed E-state index contributed by atoms with van der Waals surface area (Å²) in [5, 5.41) is 0.555. The summed E-state index contributed by atoms with van der Waals surface area (Å²) >= 11 is 0. The normalized spacial score (nSPS) is 14.0. The lowest BCUT2D eigenvalue weighted by molar-refractivity contribution is 0.0658. The van der Waals surface area contributed by atoms with Gasteiger partial charge in [-0.2, -0.15) is 0 Å². The van der Waals surface area contributed by atoms with Crippen molar-refractivity contribution in [2.24, 2.45) is 0 Å². The van der Waals surface area contributed by atoms with E-state index in [1.54, 1.807) is 20.3 Å². The summed E-state index contributed by atoms with van der Waals surface area (Å²) in [6.45, 7) is 2.52. The van der Waals surface area contributed by atoms with Gasteiger partial charge < -0.3 is 18.6 Å². The molecule has 0 bridgehead atoms. The molecule has 2 aromatic carbocycles. The molecule has 0 aliphatic carbocycles.